The van der Waals surface area contributed by atoms with Crippen LogP contribution in [0.4, 0.5) is 0 Å². The smallest absolute Gasteiger partial charge is 0.254 e. The van der Waals surface area contributed by atoms with Crippen molar-refractivity contribution in [3.8, 4) is 5.75 Å². The van der Waals surface area contributed by atoms with Crippen LogP contribution >= 0.6 is 17.0 Å². The number of rotatable bonds is 6. The van der Waals surface area contributed by atoms with Crippen LogP contribution in [-0.4, -0.2) is 41.2 Å². The highest BCUT2D eigenvalue weighted by molar-refractivity contribution is 8.93. The van der Waals surface area contributed by atoms with Crippen molar-refractivity contribution in [3.63, 3.8) is 0 Å². The molecule has 1 unspecified atom stereocenters. The first-order chi connectivity index (χ1) is 16.0. The molecule has 0 radical (unpaired) electrons. The van der Waals surface area contributed by atoms with Gasteiger partial charge in [-0.15, -0.1) is 17.0 Å². The highest BCUT2D eigenvalue weighted by Crippen LogP contribution is 2.40. The molecule has 4 N–H and O–H groups in total. The zero-order valence-electron chi connectivity index (χ0n) is 22.4. The number of phenols is 1. The maximum Gasteiger partial charge on any atom is 0.254 e. The lowest BCUT2D eigenvalue weighted by molar-refractivity contribution is -0.139. The standard InChI is InChI=1S/C28H37N3O4.BrH/c1-26(2,3)20-11-17(12-21(23(20)33)27(4,5)6)22(32)15-31-14-16-9-10-18(13-19(16)24(31)29)28(7,35-8)25(30)34;/h9-13,29,33H,14-15H2,1-8H3,(H2,30,34);1H. The number of hydrogen-bond acceptors (Lipinski definition) is 5. The lowest BCUT2D eigenvalue weighted by Gasteiger charge is -2.28. The lowest BCUT2D eigenvalue weighted by Crippen LogP contribution is -2.40. The van der Waals surface area contributed by atoms with Gasteiger partial charge in [0, 0.05) is 35.9 Å². The molecule has 0 bridgehead atoms. The summed E-state index contributed by atoms with van der Waals surface area (Å²) in [6, 6.07) is 8.91. The van der Waals surface area contributed by atoms with Gasteiger partial charge in [0.2, 0.25) is 0 Å². The third-order valence-electron chi connectivity index (χ3n) is 6.85. The third kappa shape index (κ3) is 5.34. The highest BCUT2D eigenvalue weighted by atomic mass is 79.9. The van der Waals surface area contributed by atoms with Gasteiger partial charge >= 0.3 is 0 Å². The van der Waals surface area contributed by atoms with Crippen molar-refractivity contribution in [1.29, 1.82) is 5.41 Å². The van der Waals surface area contributed by atoms with Crippen molar-refractivity contribution in [3.05, 3.63) is 63.7 Å². The Hall–Kier alpha value is -2.71. The number of ketones is 1. The molecular formula is C28H38BrN3O4. The molecule has 2 aromatic carbocycles. The molecule has 0 fully saturated rings. The number of carbonyl (C=O) groups excluding carboxylic acids is 2. The molecule has 0 saturated carbocycles. The van der Waals surface area contributed by atoms with Crippen molar-refractivity contribution in [1.82, 2.24) is 4.90 Å². The Morgan fingerprint density at radius 3 is 2.00 bits per heavy atom. The zero-order chi connectivity index (χ0) is 26.5. The number of methoxy groups -OCH3 is 1. The van der Waals surface area contributed by atoms with E-state index < -0.39 is 11.5 Å². The molecule has 0 saturated heterocycles. The second-order valence-corrected chi connectivity index (χ2v) is 11.5. The Morgan fingerprint density at radius 1 is 1.03 bits per heavy atom. The van der Waals surface area contributed by atoms with Crippen LogP contribution in [0.1, 0.15) is 86.6 Å². The summed E-state index contributed by atoms with van der Waals surface area (Å²) < 4.78 is 5.38. The Kier molecular flexibility index (Phi) is 8.18. The fraction of sp³-hybridized carbons (Fsp3) is 0.464. The van der Waals surface area contributed by atoms with Crippen molar-refractivity contribution in [2.75, 3.05) is 13.7 Å². The Bertz CT molecular complexity index is 1180. The number of carbonyl (C=O) groups is 2. The maximum atomic E-state index is 13.4. The number of Topliss-reactive ketones (excluding diaryl/α,β-unsaturated/α-hetero) is 1. The van der Waals surface area contributed by atoms with E-state index in [1.54, 1.807) is 36.1 Å². The number of ether oxygens (including phenoxy) is 1. The number of nitrogens with one attached hydrogen (secondary N) is 1. The van der Waals surface area contributed by atoms with Crippen LogP contribution in [0.3, 0.4) is 0 Å². The number of nitrogens with two attached hydrogens (primary N) is 1. The van der Waals surface area contributed by atoms with Crippen LogP contribution in [-0.2, 0) is 32.5 Å². The first-order valence-electron chi connectivity index (χ1n) is 11.7. The summed E-state index contributed by atoms with van der Waals surface area (Å²) >= 11 is 0. The normalized spacial score (nSPS) is 15.2. The number of amidine groups is 1. The number of hydrogen-bond donors (Lipinski definition) is 3. The molecular weight excluding hydrogens is 522 g/mol. The van der Waals surface area contributed by atoms with Gasteiger partial charge in [-0.05, 0) is 47.1 Å². The van der Waals surface area contributed by atoms with Gasteiger partial charge in [-0.2, -0.15) is 0 Å². The maximum absolute atomic E-state index is 13.4. The van der Waals surface area contributed by atoms with Gasteiger partial charge in [0.05, 0.1) is 6.54 Å². The van der Waals surface area contributed by atoms with Gasteiger partial charge in [-0.3, -0.25) is 15.0 Å². The van der Waals surface area contributed by atoms with Crippen LogP contribution in [0, 0.1) is 5.41 Å². The van der Waals surface area contributed by atoms with Gasteiger partial charge in [0.1, 0.15) is 11.6 Å². The first-order valence-corrected chi connectivity index (χ1v) is 11.7. The number of benzene rings is 2. The number of nitrogens with zero attached hydrogens (tertiary/aromatic N) is 1. The molecule has 7 nitrogen and oxygen atoms in total. The molecule has 1 heterocycles. The van der Waals surface area contributed by atoms with Crippen LogP contribution in [0.5, 0.6) is 5.75 Å². The third-order valence-corrected chi connectivity index (χ3v) is 6.85. The van der Waals surface area contributed by atoms with Crippen molar-refractivity contribution in [2.45, 2.75) is 71.4 Å². The molecule has 36 heavy (non-hydrogen) atoms. The number of primary amides is 1. The quantitative estimate of drug-likeness (QED) is 0.433. The van der Waals surface area contributed by atoms with Crippen molar-refractivity contribution in [2.24, 2.45) is 5.73 Å². The summed E-state index contributed by atoms with van der Waals surface area (Å²) in [6.45, 7) is 14.1. The summed E-state index contributed by atoms with van der Waals surface area (Å²) in [5, 5.41) is 19.7. The summed E-state index contributed by atoms with van der Waals surface area (Å²) in [7, 11) is 1.42. The molecule has 0 aliphatic carbocycles. The fourth-order valence-corrected chi connectivity index (χ4v) is 4.39. The van der Waals surface area contributed by atoms with E-state index in [-0.39, 0.29) is 51.7 Å². The molecule has 2 aromatic rings. The number of fused-ring (bicyclic) bond motifs is 1. The monoisotopic (exact) mass is 559 g/mol. The van der Waals surface area contributed by atoms with Crippen LogP contribution in [0.15, 0.2) is 30.3 Å². The largest absolute Gasteiger partial charge is 0.507 e. The molecule has 8 heteroatoms. The van der Waals surface area contributed by atoms with E-state index >= 15 is 0 Å². The predicted molar refractivity (Wildman–Crippen MR) is 147 cm³/mol. The van der Waals surface area contributed by atoms with Crippen LogP contribution < -0.4 is 5.73 Å². The van der Waals surface area contributed by atoms with E-state index in [0.29, 0.717) is 23.2 Å². The molecule has 1 aliphatic rings. The van der Waals surface area contributed by atoms with E-state index in [0.717, 1.165) is 16.7 Å². The number of aromatic hydroxyl groups is 1. The molecule has 0 spiro atoms. The van der Waals surface area contributed by atoms with Gasteiger partial charge in [-0.1, -0.05) is 53.7 Å². The predicted octanol–water partition coefficient (Wildman–Crippen LogP) is 4.94. The minimum atomic E-state index is -1.31. The highest BCUT2D eigenvalue weighted by Gasteiger charge is 2.36. The Labute approximate surface area is 224 Å². The second-order valence-electron chi connectivity index (χ2n) is 11.5. The zero-order valence-corrected chi connectivity index (χ0v) is 24.1. The molecule has 0 aromatic heterocycles. The van der Waals surface area contributed by atoms with Gasteiger partial charge < -0.3 is 20.5 Å². The van der Waals surface area contributed by atoms with E-state index in [4.69, 9.17) is 15.9 Å². The minimum absolute atomic E-state index is 0. The van der Waals surface area contributed by atoms with Gasteiger partial charge in [-0.25, -0.2) is 0 Å². The minimum Gasteiger partial charge on any atom is -0.507 e. The lowest BCUT2D eigenvalue weighted by atomic mass is 9.78. The summed E-state index contributed by atoms with van der Waals surface area (Å²) in [5.74, 6) is -0.305. The molecule has 1 atom stereocenters. The van der Waals surface area contributed by atoms with E-state index in [1.165, 1.54) is 7.11 Å². The topological polar surface area (TPSA) is 117 Å². The van der Waals surface area contributed by atoms with Gasteiger partial charge in [0.25, 0.3) is 5.91 Å². The summed E-state index contributed by atoms with van der Waals surface area (Å²) in [6.07, 6.45) is 0. The van der Waals surface area contributed by atoms with Crippen molar-refractivity contribution < 1.29 is 19.4 Å². The van der Waals surface area contributed by atoms with E-state index in [1.807, 2.05) is 47.6 Å². The molecule has 196 valence electrons. The summed E-state index contributed by atoms with van der Waals surface area (Å²) in [4.78, 5) is 27.1. The molecule has 3 rings (SSSR count). The first kappa shape index (κ1) is 29.5. The van der Waals surface area contributed by atoms with Gasteiger partial charge in [0.15, 0.2) is 11.4 Å². The van der Waals surface area contributed by atoms with E-state index in [2.05, 4.69) is 0 Å². The average molecular weight is 561 g/mol. The van der Waals surface area contributed by atoms with E-state index in [9.17, 15) is 14.7 Å². The SMILES string of the molecule is Br.COC(C)(C(N)=O)c1ccc2c(c1)C(=N)N(CC(=O)c1cc(C(C)(C)C)c(O)c(C(C)(C)C)c1)C2. The molecule has 1 amide bonds. The number of halogens is 1. The molecule has 1 aliphatic heterocycles. The van der Waals surface area contributed by atoms with Crippen molar-refractivity contribution >= 4 is 34.5 Å². The fourth-order valence-electron chi connectivity index (χ4n) is 4.39. The number of phenolic OH excluding ortho intramolecular Hbond substituents is 1. The number of amides is 1. The van der Waals surface area contributed by atoms with Crippen LogP contribution in [0.25, 0.3) is 0 Å². The Balaban J connectivity index is 0.00000456. The van der Waals surface area contributed by atoms with Crippen LogP contribution in [0.2, 0.25) is 0 Å². The second kappa shape index (κ2) is 9.98. The summed E-state index contributed by atoms with van der Waals surface area (Å²) in [5.41, 5.74) is 7.63. The Morgan fingerprint density at radius 2 is 1.56 bits per heavy atom. The average Bonchev–Trinajstić information content (AvgIpc) is 3.06.